The topological polar surface area (TPSA) is 72.7 Å². The summed E-state index contributed by atoms with van der Waals surface area (Å²) in [6, 6.07) is 5.81. The van der Waals surface area contributed by atoms with Crippen LogP contribution in [0.25, 0.3) is 11.4 Å². The van der Waals surface area contributed by atoms with Gasteiger partial charge in [0.25, 0.3) is 0 Å². The molecule has 2 rings (SSSR count). The van der Waals surface area contributed by atoms with Crippen molar-refractivity contribution >= 4 is 5.91 Å². The molecular weight excluding hydrogens is 249 g/mol. The molecule has 19 heavy (non-hydrogen) atoms. The van der Waals surface area contributed by atoms with Gasteiger partial charge in [-0.2, -0.15) is 4.80 Å². The monoisotopic (exact) mass is 259 g/mol. The SMILES string of the molecule is C#CCNC(=O)Cn1nnc(-c2cccc(F)c2)n1. The van der Waals surface area contributed by atoms with E-state index in [-0.39, 0.29) is 30.6 Å². The lowest BCUT2D eigenvalue weighted by Crippen LogP contribution is -2.28. The third kappa shape index (κ3) is 3.35. The van der Waals surface area contributed by atoms with Crippen LogP contribution >= 0.6 is 0 Å². The third-order valence-electron chi connectivity index (χ3n) is 2.21. The van der Waals surface area contributed by atoms with Gasteiger partial charge in [-0.25, -0.2) is 4.39 Å². The van der Waals surface area contributed by atoms with E-state index >= 15 is 0 Å². The molecule has 7 heteroatoms. The summed E-state index contributed by atoms with van der Waals surface area (Å²) in [5.74, 6) is 1.83. The van der Waals surface area contributed by atoms with E-state index in [2.05, 4.69) is 26.6 Å². The van der Waals surface area contributed by atoms with Crippen LogP contribution < -0.4 is 5.32 Å². The highest BCUT2D eigenvalue weighted by atomic mass is 19.1. The van der Waals surface area contributed by atoms with Gasteiger partial charge in [-0.3, -0.25) is 4.79 Å². The molecule has 0 atom stereocenters. The zero-order valence-corrected chi connectivity index (χ0v) is 9.88. The zero-order chi connectivity index (χ0) is 13.7. The van der Waals surface area contributed by atoms with Crippen LogP contribution in [0.1, 0.15) is 0 Å². The minimum atomic E-state index is -0.388. The van der Waals surface area contributed by atoms with Gasteiger partial charge >= 0.3 is 0 Å². The molecule has 0 aliphatic heterocycles. The molecule has 1 aromatic heterocycles. The molecule has 0 unspecified atom stereocenters. The fourth-order valence-corrected chi connectivity index (χ4v) is 1.39. The van der Waals surface area contributed by atoms with Crippen LogP contribution in [-0.2, 0) is 11.3 Å². The molecule has 6 nitrogen and oxygen atoms in total. The molecule has 0 saturated carbocycles. The first kappa shape index (κ1) is 12.7. The number of nitrogens with zero attached hydrogens (tertiary/aromatic N) is 4. The molecule has 2 aromatic rings. The summed E-state index contributed by atoms with van der Waals surface area (Å²) in [4.78, 5) is 12.5. The largest absolute Gasteiger partial charge is 0.344 e. The number of carbonyl (C=O) groups is 1. The van der Waals surface area contributed by atoms with Crippen molar-refractivity contribution in [2.75, 3.05) is 6.54 Å². The molecule has 0 aliphatic rings. The van der Waals surface area contributed by atoms with Crippen LogP contribution in [-0.4, -0.2) is 32.7 Å². The predicted octanol–water partition coefficient (Wildman–Crippen LogP) is 0.229. The van der Waals surface area contributed by atoms with Gasteiger partial charge in [0.15, 0.2) is 0 Å². The van der Waals surface area contributed by atoms with Crippen molar-refractivity contribution in [2.45, 2.75) is 6.54 Å². The Kier molecular flexibility index (Phi) is 3.83. The van der Waals surface area contributed by atoms with E-state index in [1.54, 1.807) is 12.1 Å². The minimum Gasteiger partial charge on any atom is -0.344 e. The van der Waals surface area contributed by atoms with Crippen LogP contribution in [0, 0.1) is 18.2 Å². The first-order valence-electron chi connectivity index (χ1n) is 5.43. The second-order valence-corrected chi connectivity index (χ2v) is 3.63. The molecule has 0 fully saturated rings. The zero-order valence-electron chi connectivity index (χ0n) is 9.88. The molecule has 0 radical (unpaired) electrons. The van der Waals surface area contributed by atoms with Gasteiger partial charge in [0, 0.05) is 5.56 Å². The maximum Gasteiger partial charge on any atom is 0.244 e. The molecule has 1 N–H and O–H groups in total. The normalized spacial score (nSPS) is 9.89. The van der Waals surface area contributed by atoms with Gasteiger partial charge in [-0.05, 0) is 17.3 Å². The van der Waals surface area contributed by atoms with Crippen molar-refractivity contribution in [1.29, 1.82) is 0 Å². The van der Waals surface area contributed by atoms with Gasteiger partial charge < -0.3 is 5.32 Å². The second-order valence-electron chi connectivity index (χ2n) is 3.63. The molecule has 0 spiro atoms. The quantitative estimate of drug-likeness (QED) is 0.798. The van der Waals surface area contributed by atoms with E-state index in [1.807, 2.05) is 0 Å². The molecule has 1 aromatic carbocycles. The van der Waals surface area contributed by atoms with E-state index in [0.717, 1.165) is 4.80 Å². The van der Waals surface area contributed by atoms with Crippen molar-refractivity contribution in [3.63, 3.8) is 0 Å². The summed E-state index contributed by atoms with van der Waals surface area (Å²) in [5, 5.41) is 13.9. The van der Waals surface area contributed by atoms with Gasteiger partial charge in [0.05, 0.1) is 6.54 Å². The number of nitrogens with one attached hydrogen (secondary N) is 1. The second kappa shape index (κ2) is 5.73. The summed E-state index contributed by atoms with van der Waals surface area (Å²) < 4.78 is 13.0. The molecule has 96 valence electrons. The highest BCUT2D eigenvalue weighted by Gasteiger charge is 2.09. The lowest BCUT2D eigenvalue weighted by Gasteiger charge is -1.99. The Morgan fingerprint density at radius 2 is 2.37 bits per heavy atom. The fraction of sp³-hybridized carbons (Fsp3) is 0.167. The van der Waals surface area contributed by atoms with Crippen molar-refractivity contribution in [3.05, 3.63) is 30.1 Å². The Morgan fingerprint density at radius 3 is 3.11 bits per heavy atom. The van der Waals surface area contributed by atoms with E-state index < -0.39 is 0 Å². The molecular formula is C12H10FN5O. The molecule has 0 saturated heterocycles. The summed E-state index contributed by atoms with van der Waals surface area (Å²) in [6.07, 6.45) is 5.01. The predicted molar refractivity (Wildman–Crippen MR) is 65.1 cm³/mol. The lowest BCUT2D eigenvalue weighted by molar-refractivity contribution is -0.121. The first-order valence-corrected chi connectivity index (χ1v) is 5.43. The molecule has 0 aliphatic carbocycles. The Labute approximate surface area is 108 Å². The van der Waals surface area contributed by atoms with Crippen molar-refractivity contribution in [2.24, 2.45) is 0 Å². The Balaban J connectivity index is 2.07. The van der Waals surface area contributed by atoms with Gasteiger partial charge in [-0.1, -0.05) is 18.1 Å². The van der Waals surface area contributed by atoms with Crippen molar-refractivity contribution in [3.8, 4) is 23.7 Å². The number of amides is 1. The van der Waals surface area contributed by atoms with Crippen LogP contribution in [0.5, 0.6) is 0 Å². The van der Waals surface area contributed by atoms with Crippen LogP contribution in [0.3, 0.4) is 0 Å². The standard InChI is InChI=1S/C12H10FN5O/c1-2-6-14-11(19)8-18-16-12(15-17-18)9-4-3-5-10(13)7-9/h1,3-5,7H,6,8H2,(H,14,19). The van der Waals surface area contributed by atoms with Crippen molar-refractivity contribution < 1.29 is 9.18 Å². The van der Waals surface area contributed by atoms with Gasteiger partial charge in [0.1, 0.15) is 12.4 Å². The first-order chi connectivity index (χ1) is 9.19. The third-order valence-corrected chi connectivity index (χ3v) is 2.21. The maximum atomic E-state index is 13.0. The number of halogens is 1. The fourth-order valence-electron chi connectivity index (χ4n) is 1.39. The van der Waals surface area contributed by atoms with Crippen LogP contribution in [0.15, 0.2) is 24.3 Å². The summed E-state index contributed by atoms with van der Waals surface area (Å²) in [5.41, 5.74) is 0.496. The Hall–Kier alpha value is -2.75. The highest BCUT2D eigenvalue weighted by molar-refractivity contribution is 5.75. The number of hydrogen-bond acceptors (Lipinski definition) is 4. The van der Waals surface area contributed by atoms with E-state index in [1.165, 1.54) is 12.1 Å². The molecule has 1 amide bonds. The number of terminal acetylenes is 1. The van der Waals surface area contributed by atoms with Gasteiger partial charge in [-0.15, -0.1) is 16.6 Å². The Morgan fingerprint density at radius 1 is 1.53 bits per heavy atom. The maximum absolute atomic E-state index is 13.0. The summed E-state index contributed by atoms with van der Waals surface area (Å²) in [6.45, 7) is 0.0499. The number of benzene rings is 1. The summed E-state index contributed by atoms with van der Waals surface area (Å²) >= 11 is 0. The lowest BCUT2D eigenvalue weighted by atomic mass is 10.2. The van der Waals surface area contributed by atoms with Gasteiger partial charge in [0.2, 0.25) is 11.7 Å². The van der Waals surface area contributed by atoms with E-state index in [9.17, 15) is 9.18 Å². The van der Waals surface area contributed by atoms with E-state index in [0.29, 0.717) is 5.56 Å². The number of hydrogen-bond donors (Lipinski definition) is 1. The van der Waals surface area contributed by atoms with E-state index in [4.69, 9.17) is 6.42 Å². The smallest absolute Gasteiger partial charge is 0.244 e. The van der Waals surface area contributed by atoms with Crippen LogP contribution in [0.4, 0.5) is 4.39 Å². The number of aromatic nitrogens is 4. The average molecular weight is 259 g/mol. The number of tetrazole rings is 1. The van der Waals surface area contributed by atoms with Crippen molar-refractivity contribution in [1.82, 2.24) is 25.5 Å². The number of rotatable bonds is 4. The molecule has 1 heterocycles. The average Bonchev–Trinajstić information content (AvgIpc) is 2.85. The summed E-state index contributed by atoms with van der Waals surface area (Å²) in [7, 11) is 0. The Bertz CT molecular complexity index is 631. The molecule has 0 bridgehead atoms. The van der Waals surface area contributed by atoms with Crippen LogP contribution in [0.2, 0.25) is 0 Å². The minimum absolute atomic E-state index is 0.0933. The highest BCUT2D eigenvalue weighted by Crippen LogP contribution is 2.14. The number of carbonyl (C=O) groups excluding carboxylic acids is 1.